The minimum absolute atomic E-state index is 0.126. The van der Waals surface area contributed by atoms with Gasteiger partial charge in [0.05, 0.1) is 0 Å². The molecule has 1 aromatic rings. The molecule has 22 heavy (non-hydrogen) atoms. The normalized spacial score (nSPS) is 13.9. The van der Waals surface area contributed by atoms with Crippen LogP contribution >= 0.6 is 0 Å². The first kappa shape index (κ1) is 19.0. The molecule has 0 aromatic heterocycles. The first-order chi connectivity index (χ1) is 9.76. The summed E-state index contributed by atoms with van der Waals surface area (Å²) in [7, 11) is -2.19. The van der Waals surface area contributed by atoms with Gasteiger partial charge in [-0.2, -0.15) is 0 Å². The van der Waals surface area contributed by atoms with Crippen molar-refractivity contribution in [1.29, 1.82) is 0 Å². The predicted molar refractivity (Wildman–Crippen MR) is 102 cm³/mol. The zero-order valence-electron chi connectivity index (χ0n) is 16.0. The van der Waals surface area contributed by atoms with Crippen molar-refractivity contribution < 1.29 is 4.43 Å². The van der Waals surface area contributed by atoms with E-state index in [1.54, 1.807) is 0 Å². The van der Waals surface area contributed by atoms with Crippen molar-refractivity contribution in [3.63, 3.8) is 0 Å². The molecule has 0 aliphatic rings. The largest absolute Gasteiger partial charge is 0.542 e. The molecule has 0 saturated carbocycles. The van der Waals surface area contributed by atoms with Crippen molar-refractivity contribution in [3.8, 4) is 5.75 Å². The van der Waals surface area contributed by atoms with Crippen LogP contribution in [0.5, 0.6) is 5.75 Å². The Morgan fingerprint density at radius 3 is 1.41 bits per heavy atom. The highest BCUT2D eigenvalue weighted by molar-refractivity contribution is 6.82. The maximum atomic E-state index is 6.90. The molecule has 0 saturated heterocycles. The van der Waals surface area contributed by atoms with Crippen LogP contribution < -0.4 is 4.43 Å². The van der Waals surface area contributed by atoms with Gasteiger partial charge in [0, 0.05) is 0 Å². The van der Waals surface area contributed by atoms with Crippen LogP contribution in [0.3, 0.4) is 0 Å². The number of rotatable bonds is 3. The molecule has 1 aromatic carbocycles. The molecule has 0 radical (unpaired) electrons. The van der Waals surface area contributed by atoms with Gasteiger partial charge in [0.25, 0.3) is 8.32 Å². The zero-order valence-corrected chi connectivity index (χ0v) is 17.0. The smallest absolute Gasteiger partial charge is 0.267 e. The maximum Gasteiger partial charge on any atom is 0.267 e. The summed E-state index contributed by atoms with van der Waals surface area (Å²) >= 11 is 0. The highest BCUT2D eigenvalue weighted by atomic mass is 28.4. The Bertz CT molecular complexity index is 471. The third kappa shape index (κ3) is 3.32. The van der Waals surface area contributed by atoms with Gasteiger partial charge in [-0.3, -0.25) is 0 Å². The second kappa shape index (κ2) is 5.88. The van der Waals surface area contributed by atoms with Crippen molar-refractivity contribution in [2.45, 2.75) is 77.4 Å². The van der Waals surface area contributed by atoms with Gasteiger partial charge < -0.3 is 4.43 Å². The number of hydrogen-bond acceptors (Lipinski definition) is 1. The molecular formula is C20H34OSi. The van der Waals surface area contributed by atoms with Crippen LogP contribution in [0.1, 0.15) is 67.9 Å². The van der Waals surface area contributed by atoms with E-state index in [4.69, 9.17) is 4.43 Å². The predicted octanol–water partition coefficient (Wildman–Crippen LogP) is 7.05. The fraction of sp³-hybridized carbons (Fsp3) is 0.600. The Morgan fingerprint density at radius 1 is 0.773 bits per heavy atom. The standard InChI is InChI=1S/C20H34OSi/c1-11-16-12-14-17(15-13-16)21-22(18(2,3)4,19(5,6)7)20(8,9)10/h11-15H,1H2,2-10H3. The van der Waals surface area contributed by atoms with E-state index in [0.29, 0.717) is 0 Å². The molecule has 0 aliphatic heterocycles. The zero-order chi connectivity index (χ0) is 17.4. The summed E-state index contributed by atoms with van der Waals surface area (Å²) in [4.78, 5) is 0. The lowest BCUT2D eigenvalue weighted by atomic mass is 10.2. The van der Waals surface area contributed by atoms with E-state index in [0.717, 1.165) is 11.3 Å². The van der Waals surface area contributed by atoms with Gasteiger partial charge in [0.2, 0.25) is 0 Å². The maximum absolute atomic E-state index is 6.90. The number of hydrogen-bond donors (Lipinski definition) is 0. The molecule has 0 aliphatic carbocycles. The molecule has 0 amide bonds. The van der Waals surface area contributed by atoms with Crippen molar-refractivity contribution >= 4 is 14.4 Å². The van der Waals surface area contributed by atoms with E-state index in [1.165, 1.54) is 0 Å². The Balaban J connectivity index is 3.46. The fourth-order valence-corrected chi connectivity index (χ4v) is 12.8. The van der Waals surface area contributed by atoms with Crippen LogP contribution in [0.2, 0.25) is 15.1 Å². The summed E-state index contributed by atoms with van der Waals surface area (Å²) in [6.07, 6.45) is 1.87. The Kier molecular flexibility index (Phi) is 5.09. The summed E-state index contributed by atoms with van der Waals surface area (Å²) in [6.45, 7) is 24.9. The molecular weight excluding hydrogens is 284 g/mol. The Labute approximate surface area is 138 Å². The van der Waals surface area contributed by atoms with E-state index in [-0.39, 0.29) is 15.1 Å². The van der Waals surface area contributed by atoms with E-state index in [1.807, 2.05) is 6.08 Å². The highest BCUT2D eigenvalue weighted by Gasteiger charge is 2.63. The third-order valence-electron chi connectivity index (χ3n) is 4.56. The Morgan fingerprint density at radius 2 is 1.14 bits per heavy atom. The first-order valence-corrected chi connectivity index (χ1v) is 10.1. The van der Waals surface area contributed by atoms with Gasteiger partial charge in [-0.15, -0.1) is 0 Å². The molecule has 1 nitrogen and oxygen atoms in total. The molecule has 0 bridgehead atoms. The highest BCUT2D eigenvalue weighted by Crippen LogP contribution is 2.62. The average molecular weight is 319 g/mol. The van der Waals surface area contributed by atoms with Crippen molar-refractivity contribution in [2.75, 3.05) is 0 Å². The van der Waals surface area contributed by atoms with Crippen molar-refractivity contribution in [2.24, 2.45) is 0 Å². The van der Waals surface area contributed by atoms with Gasteiger partial charge in [0.15, 0.2) is 0 Å². The first-order valence-electron chi connectivity index (χ1n) is 8.18. The third-order valence-corrected chi connectivity index (χ3v) is 11.4. The van der Waals surface area contributed by atoms with Crippen LogP contribution in [0.4, 0.5) is 0 Å². The molecule has 2 heteroatoms. The average Bonchev–Trinajstić information content (AvgIpc) is 2.32. The molecule has 0 fully saturated rings. The summed E-state index contributed by atoms with van der Waals surface area (Å²) in [5, 5.41) is 0.377. The van der Waals surface area contributed by atoms with Crippen LogP contribution in [-0.4, -0.2) is 8.32 Å². The second-order valence-corrected chi connectivity index (χ2v) is 15.4. The molecule has 1 rings (SSSR count). The van der Waals surface area contributed by atoms with Gasteiger partial charge in [-0.05, 0) is 32.8 Å². The lowest BCUT2D eigenvalue weighted by molar-refractivity contribution is 0.373. The summed E-state index contributed by atoms with van der Waals surface area (Å²) in [5.74, 6) is 0.983. The minimum atomic E-state index is -2.19. The molecule has 0 spiro atoms. The minimum Gasteiger partial charge on any atom is -0.542 e. The van der Waals surface area contributed by atoms with E-state index < -0.39 is 8.32 Å². The summed E-state index contributed by atoms with van der Waals surface area (Å²) in [5.41, 5.74) is 1.13. The van der Waals surface area contributed by atoms with Crippen LogP contribution in [0, 0.1) is 0 Å². The van der Waals surface area contributed by atoms with E-state index in [2.05, 4.69) is 93.2 Å². The van der Waals surface area contributed by atoms with E-state index >= 15 is 0 Å². The lowest BCUT2D eigenvalue weighted by Gasteiger charge is -2.57. The molecule has 0 atom stereocenters. The monoisotopic (exact) mass is 318 g/mol. The summed E-state index contributed by atoms with van der Waals surface area (Å²) in [6, 6.07) is 8.33. The molecule has 0 unspecified atom stereocenters. The van der Waals surface area contributed by atoms with E-state index in [9.17, 15) is 0 Å². The summed E-state index contributed by atoms with van der Waals surface area (Å²) < 4.78 is 6.90. The second-order valence-electron chi connectivity index (χ2n) is 9.31. The Hall–Kier alpha value is -1.02. The van der Waals surface area contributed by atoms with Gasteiger partial charge in [-0.25, -0.2) is 0 Å². The van der Waals surface area contributed by atoms with Crippen LogP contribution in [0.25, 0.3) is 6.08 Å². The molecule has 0 heterocycles. The van der Waals surface area contributed by atoms with Crippen molar-refractivity contribution in [1.82, 2.24) is 0 Å². The van der Waals surface area contributed by atoms with Gasteiger partial charge >= 0.3 is 0 Å². The lowest BCUT2D eigenvalue weighted by Crippen LogP contribution is -2.63. The van der Waals surface area contributed by atoms with Crippen molar-refractivity contribution in [3.05, 3.63) is 36.4 Å². The molecule has 124 valence electrons. The SMILES string of the molecule is C=Cc1ccc(O[Si](C(C)(C)C)(C(C)(C)C)C(C)(C)C)cc1. The quantitative estimate of drug-likeness (QED) is 0.542. The van der Waals surface area contributed by atoms with Gasteiger partial charge in [0.1, 0.15) is 5.75 Å². The van der Waals surface area contributed by atoms with Gasteiger partial charge in [-0.1, -0.05) is 87.1 Å². The molecule has 0 N–H and O–H groups in total. The number of benzene rings is 1. The van der Waals surface area contributed by atoms with Crippen LogP contribution in [0.15, 0.2) is 30.8 Å². The topological polar surface area (TPSA) is 9.23 Å². The fourth-order valence-electron chi connectivity index (χ4n) is 4.68. The van der Waals surface area contributed by atoms with Crippen LogP contribution in [-0.2, 0) is 0 Å².